The molecule has 1 heterocycles. The summed E-state index contributed by atoms with van der Waals surface area (Å²) in [5.74, 6) is 0.303. The molecule has 5 heteroatoms. The van der Waals surface area contributed by atoms with Crippen LogP contribution in [0.15, 0.2) is 18.2 Å². The summed E-state index contributed by atoms with van der Waals surface area (Å²) in [6.07, 6.45) is 0. The number of carbonyl (C=O) groups excluding carboxylic acids is 1. The van der Waals surface area contributed by atoms with Gasteiger partial charge < -0.3 is 15.1 Å². The minimum atomic E-state index is -0.220. The first-order chi connectivity index (χ1) is 9.47. The molecule has 0 bridgehead atoms. The Morgan fingerprint density at radius 1 is 1.20 bits per heavy atom. The van der Waals surface area contributed by atoms with Gasteiger partial charge in [0.15, 0.2) is 0 Å². The molecular weight excluding hydrogens is 256 g/mol. The van der Waals surface area contributed by atoms with E-state index in [0.29, 0.717) is 19.0 Å². The Morgan fingerprint density at radius 2 is 1.85 bits per heavy atom. The van der Waals surface area contributed by atoms with E-state index in [2.05, 4.69) is 18.7 Å². The van der Waals surface area contributed by atoms with Gasteiger partial charge in [-0.25, -0.2) is 0 Å². The maximum atomic E-state index is 12.3. The highest BCUT2D eigenvalue weighted by Gasteiger charge is 2.24. The Labute approximate surface area is 119 Å². The van der Waals surface area contributed by atoms with Crippen molar-refractivity contribution in [1.82, 2.24) is 9.80 Å². The van der Waals surface area contributed by atoms with Crippen LogP contribution in [0.5, 0.6) is 11.5 Å². The van der Waals surface area contributed by atoms with Crippen LogP contribution in [0, 0.1) is 5.92 Å². The SMILES string of the molecule is CC(C)CN1CCN(C(=O)c2cc(O)ccc2O)CC1. The third-order valence-corrected chi connectivity index (χ3v) is 3.49. The van der Waals surface area contributed by atoms with Crippen molar-refractivity contribution in [1.29, 1.82) is 0 Å². The molecule has 0 unspecified atom stereocenters. The number of nitrogens with zero attached hydrogens (tertiary/aromatic N) is 2. The summed E-state index contributed by atoms with van der Waals surface area (Å²) < 4.78 is 0. The second-order valence-corrected chi connectivity index (χ2v) is 5.69. The lowest BCUT2D eigenvalue weighted by atomic mass is 10.1. The predicted molar refractivity (Wildman–Crippen MR) is 77.0 cm³/mol. The summed E-state index contributed by atoms with van der Waals surface area (Å²) in [4.78, 5) is 16.4. The zero-order chi connectivity index (χ0) is 14.7. The van der Waals surface area contributed by atoms with E-state index in [1.54, 1.807) is 4.90 Å². The predicted octanol–water partition coefficient (Wildman–Crippen LogP) is 1.51. The van der Waals surface area contributed by atoms with E-state index in [1.165, 1.54) is 18.2 Å². The molecule has 0 aliphatic carbocycles. The Hall–Kier alpha value is -1.75. The van der Waals surface area contributed by atoms with E-state index in [4.69, 9.17) is 0 Å². The van der Waals surface area contributed by atoms with E-state index in [0.717, 1.165) is 19.6 Å². The van der Waals surface area contributed by atoms with Crippen LogP contribution in [0.1, 0.15) is 24.2 Å². The maximum absolute atomic E-state index is 12.3. The van der Waals surface area contributed by atoms with Crippen LogP contribution in [0.2, 0.25) is 0 Å². The number of benzene rings is 1. The highest BCUT2D eigenvalue weighted by atomic mass is 16.3. The zero-order valence-corrected chi connectivity index (χ0v) is 12.0. The Bertz CT molecular complexity index is 480. The second-order valence-electron chi connectivity index (χ2n) is 5.69. The first-order valence-corrected chi connectivity index (χ1v) is 7.01. The van der Waals surface area contributed by atoms with Crippen LogP contribution in [-0.4, -0.2) is 58.6 Å². The molecule has 1 aromatic carbocycles. The molecule has 110 valence electrons. The largest absolute Gasteiger partial charge is 0.508 e. The number of phenolic OH excluding ortho intramolecular Hbond substituents is 2. The number of aromatic hydroxyl groups is 2. The summed E-state index contributed by atoms with van der Waals surface area (Å²) in [6.45, 7) is 8.42. The molecule has 5 nitrogen and oxygen atoms in total. The van der Waals surface area contributed by atoms with Crippen LogP contribution in [0.4, 0.5) is 0 Å². The van der Waals surface area contributed by atoms with Crippen LogP contribution in [-0.2, 0) is 0 Å². The highest BCUT2D eigenvalue weighted by Crippen LogP contribution is 2.24. The fourth-order valence-electron chi connectivity index (χ4n) is 2.52. The lowest BCUT2D eigenvalue weighted by molar-refractivity contribution is 0.0620. The van der Waals surface area contributed by atoms with E-state index in [9.17, 15) is 15.0 Å². The molecule has 2 rings (SSSR count). The van der Waals surface area contributed by atoms with Crippen LogP contribution >= 0.6 is 0 Å². The van der Waals surface area contributed by atoms with Crippen molar-refractivity contribution in [3.63, 3.8) is 0 Å². The third kappa shape index (κ3) is 3.42. The van der Waals surface area contributed by atoms with Crippen molar-refractivity contribution < 1.29 is 15.0 Å². The van der Waals surface area contributed by atoms with Gasteiger partial charge in [-0.15, -0.1) is 0 Å². The number of amides is 1. The van der Waals surface area contributed by atoms with Crippen molar-refractivity contribution in [3.8, 4) is 11.5 Å². The number of hydrogen-bond acceptors (Lipinski definition) is 4. The lowest BCUT2D eigenvalue weighted by Crippen LogP contribution is -2.49. The van der Waals surface area contributed by atoms with Crippen molar-refractivity contribution in [3.05, 3.63) is 23.8 Å². The molecule has 0 saturated carbocycles. The Balaban J connectivity index is 2.00. The second kappa shape index (κ2) is 6.13. The first kappa shape index (κ1) is 14.7. The van der Waals surface area contributed by atoms with Gasteiger partial charge in [0, 0.05) is 32.7 Å². The molecule has 2 N–H and O–H groups in total. The van der Waals surface area contributed by atoms with E-state index in [-0.39, 0.29) is 23.0 Å². The topological polar surface area (TPSA) is 64.0 Å². The molecule has 0 aromatic heterocycles. The van der Waals surface area contributed by atoms with Gasteiger partial charge in [-0.05, 0) is 24.1 Å². The van der Waals surface area contributed by atoms with Gasteiger partial charge in [-0.2, -0.15) is 0 Å². The number of rotatable bonds is 3. The molecule has 1 fully saturated rings. The molecule has 1 saturated heterocycles. The molecule has 1 amide bonds. The average Bonchev–Trinajstić information content (AvgIpc) is 2.41. The molecule has 1 aliphatic rings. The molecular formula is C15H22N2O3. The minimum Gasteiger partial charge on any atom is -0.508 e. The average molecular weight is 278 g/mol. The normalized spacial score (nSPS) is 16.6. The van der Waals surface area contributed by atoms with Crippen LogP contribution in [0.25, 0.3) is 0 Å². The lowest BCUT2D eigenvalue weighted by Gasteiger charge is -2.35. The summed E-state index contributed by atoms with van der Waals surface area (Å²) in [7, 11) is 0. The molecule has 0 radical (unpaired) electrons. The van der Waals surface area contributed by atoms with Crippen LogP contribution < -0.4 is 0 Å². The minimum absolute atomic E-state index is 0.00964. The summed E-state index contributed by atoms with van der Waals surface area (Å²) >= 11 is 0. The Kier molecular flexibility index (Phi) is 4.49. The summed E-state index contributed by atoms with van der Waals surface area (Å²) in [5, 5.41) is 19.2. The first-order valence-electron chi connectivity index (χ1n) is 7.01. The van der Waals surface area contributed by atoms with Gasteiger partial charge in [0.2, 0.25) is 0 Å². The number of carbonyl (C=O) groups is 1. The van der Waals surface area contributed by atoms with Crippen molar-refractivity contribution in [2.45, 2.75) is 13.8 Å². The standard InChI is InChI=1S/C15H22N2O3/c1-11(2)10-16-5-7-17(8-6-16)15(20)13-9-12(18)3-4-14(13)19/h3-4,9,11,18-19H,5-8,10H2,1-2H3. The zero-order valence-electron chi connectivity index (χ0n) is 12.0. The fraction of sp³-hybridized carbons (Fsp3) is 0.533. The van der Waals surface area contributed by atoms with Gasteiger partial charge >= 0.3 is 0 Å². The fourth-order valence-corrected chi connectivity index (χ4v) is 2.52. The Morgan fingerprint density at radius 3 is 2.45 bits per heavy atom. The summed E-state index contributed by atoms with van der Waals surface area (Å²) in [6, 6.07) is 4.03. The van der Waals surface area contributed by atoms with Crippen LogP contribution in [0.3, 0.4) is 0 Å². The third-order valence-electron chi connectivity index (χ3n) is 3.49. The van der Waals surface area contributed by atoms with Gasteiger partial charge in [0.1, 0.15) is 11.5 Å². The molecule has 0 spiro atoms. The number of phenols is 2. The van der Waals surface area contributed by atoms with Crippen molar-refractivity contribution >= 4 is 5.91 Å². The molecule has 0 atom stereocenters. The number of hydrogen-bond donors (Lipinski definition) is 2. The van der Waals surface area contributed by atoms with E-state index in [1.807, 2.05) is 0 Å². The van der Waals surface area contributed by atoms with Gasteiger partial charge in [-0.3, -0.25) is 9.69 Å². The molecule has 1 aliphatic heterocycles. The van der Waals surface area contributed by atoms with Gasteiger partial charge in [0.05, 0.1) is 5.56 Å². The van der Waals surface area contributed by atoms with E-state index >= 15 is 0 Å². The monoisotopic (exact) mass is 278 g/mol. The van der Waals surface area contributed by atoms with Gasteiger partial charge in [0.25, 0.3) is 5.91 Å². The quantitative estimate of drug-likeness (QED) is 0.823. The molecule has 1 aromatic rings. The molecule has 20 heavy (non-hydrogen) atoms. The van der Waals surface area contributed by atoms with Crippen molar-refractivity contribution in [2.24, 2.45) is 5.92 Å². The highest BCUT2D eigenvalue weighted by molar-refractivity contribution is 5.97. The van der Waals surface area contributed by atoms with Crippen molar-refractivity contribution in [2.75, 3.05) is 32.7 Å². The van der Waals surface area contributed by atoms with Gasteiger partial charge in [-0.1, -0.05) is 13.8 Å². The maximum Gasteiger partial charge on any atom is 0.257 e. The summed E-state index contributed by atoms with van der Waals surface area (Å²) in [5.41, 5.74) is 0.169. The van der Waals surface area contributed by atoms with E-state index < -0.39 is 0 Å². The smallest absolute Gasteiger partial charge is 0.257 e. The number of piperazine rings is 1.